The van der Waals surface area contributed by atoms with Gasteiger partial charge in [-0.3, -0.25) is 0 Å². The summed E-state index contributed by atoms with van der Waals surface area (Å²) in [7, 11) is 0. The lowest BCUT2D eigenvalue weighted by Crippen LogP contribution is -2.52. The van der Waals surface area contributed by atoms with Gasteiger partial charge < -0.3 is 9.29 Å². The minimum Gasteiger partial charge on any atom is -0.598 e. The summed E-state index contributed by atoms with van der Waals surface area (Å²) in [6, 6.07) is 3.54. The summed E-state index contributed by atoms with van der Waals surface area (Å²) >= 11 is -2.09. The van der Waals surface area contributed by atoms with E-state index >= 15 is 0 Å². The molecule has 2 atom stereocenters. The van der Waals surface area contributed by atoms with E-state index in [0.29, 0.717) is 30.3 Å². The zero-order valence-corrected chi connectivity index (χ0v) is 20.0. The number of hydrogen-bond donors (Lipinski definition) is 1. The summed E-state index contributed by atoms with van der Waals surface area (Å²) < 4.78 is 140. The van der Waals surface area contributed by atoms with Crippen LogP contribution in [-0.2, 0) is 23.1 Å². The second-order valence-corrected chi connectivity index (χ2v) is 10.7. The Balaban J connectivity index is 2.88. The standard InChI is InChI=1S/C23H22F9NO2S/c1-5-8-21(33-36(34)20(2,3)4,13-6-7-18(25)17(11-13)22(28,29)30)14-9-15(24)12-16(10-14)35-23(31,32)19(26)27/h5-7,9-12,19,33H,1,8H2,2-4H3/t21?,36-/m1/s1. The van der Waals surface area contributed by atoms with Gasteiger partial charge in [0.05, 0.1) is 5.56 Å². The molecule has 0 aliphatic heterocycles. The van der Waals surface area contributed by atoms with Crippen molar-refractivity contribution in [1.82, 2.24) is 4.72 Å². The average Bonchev–Trinajstić information content (AvgIpc) is 2.71. The van der Waals surface area contributed by atoms with Crippen molar-refractivity contribution in [3.05, 3.63) is 77.4 Å². The average molecular weight is 547 g/mol. The lowest BCUT2D eigenvalue weighted by atomic mass is 9.80. The van der Waals surface area contributed by atoms with Crippen LogP contribution in [0.15, 0.2) is 49.1 Å². The number of benzene rings is 2. The maximum absolute atomic E-state index is 14.5. The van der Waals surface area contributed by atoms with Crippen LogP contribution in [0.1, 0.15) is 43.9 Å². The predicted molar refractivity (Wildman–Crippen MR) is 116 cm³/mol. The molecule has 0 aliphatic rings. The molecule has 0 aromatic heterocycles. The predicted octanol–water partition coefficient (Wildman–Crippen LogP) is 7.09. The Labute approximate surface area is 204 Å². The molecule has 2 rings (SSSR count). The van der Waals surface area contributed by atoms with E-state index in [-0.39, 0.29) is 5.56 Å². The van der Waals surface area contributed by atoms with Crippen molar-refractivity contribution >= 4 is 11.4 Å². The van der Waals surface area contributed by atoms with E-state index in [2.05, 4.69) is 16.0 Å². The van der Waals surface area contributed by atoms with Crippen molar-refractivity contribution in [2.75, 3.05) is 0 Å². The summed E-state index contributed by atoms with van der Waals surface area (Å²) in [4.78, 5) is 0. The van der Waals surface area contributed by atoms with Crippen LogP contribution in [0, 0.1) is 11.6 Å². The second kappa shape index (κ2) is 10.5. The Morgan fingerprint density at radius 1 is 1.00 bits per heavy atom. The SMILES string of the molecule is C=CCC(N[S@+]([O-])C(C)(C)C)(c1cc(F)cc(OC(F)(F)C(F)F)c1)c1ccc(F)c(C(F)(F)F)c1. The van der Waals surface area contributed by atoms with E-state index in [0.717, 1.165) is 12.1 Å². The molecule has 36 heavy (non-hydrogen) atoms. The summed E-state index contributed by atoms with van der Waals surface area (Å²) in [6.07, 6.45) is -13.7. The Morgan fingerprint density at radius 2 is 1.61 bits per heavy atom. The summed E-state index contributed by atoms with van der Waals surface area (Å²) in [5, 5.41) is 0. The highest BCUT2D eigenvalue weighted by Gasteiger charge is 2.46. The molecule has 2 aromatic carbocycles. The largest absolute Gasteiger partial charge is 0.598 e. The molecule has 0 spiro atoms. The fraction of sp³-hybridized carbons (Fsp3) is 0.391. The van der Waals surface area contributed by atoms with Crippen molar-refractivity contribution in [3.8, 4) is 5.75 Å². The van der Waals surface area contributed by atoms with Gasteiger partial charge in [0, 0.05) is 17.4 Å². The van der Waals surface area contributed by atoms with E-state index in [4.69, 9.17) is 0 Å². The van der Waals surface area contributed by atoms with Crippen LogP contribution < -0.4 is 9.46 Å². The highest BCUT2D eigenvalue weighted by atomic mass is 32.2. The molecule has 13 heteroatoms. The van der Waals surface area contributed by atoms with Gasteiger partial charge in [-0.2, -0.15) is 30.7 Å². The fourth-order valence-electron chi connectivity index (χ4n) is 3.17. The fourth-order valence-corrected chi connectivity index (χ4v) is 4.11. The third-order valence-electron chi connectivity index (χ3n) is 4.91. The monoisotopic (exact) mass is 547 g/mol. The second-order valence-electron chi connectivity index (χ2n) is 8.71. The molecule has 0 amide bonds. The molecule has 0 bridgehead atoms. The number of hydrogen-bond acceptors (Lipinski definition) is 3. The van der Waals surface area contributed by atoms with Gasteiger partial charge in [0.1, 0.15) is 27.7 Å². The third-order valence-corrected chi connectivity index (χ3v) is 6.56. The Morgan fingerprint density at radius 3 is 2.11 bits per heavy atom. The van der Waals surface area contributed by atoms with Crippen LogP contribution in [0.4, 0.5) is 39.5 Å². The normalized spacial score (nSPS) is 15.5. The minimum atomic E-state index is -5.15. The Kier molecular flexibility index (Phi) is 8.74. The lowest BCUT2D eigenvalue weighted by Gasteiger charge is -2.38. The zero-order chi connectivity index (χ0) is 27.7. The summed E-state index contributed by atoms with van der Waals surface area (Å²) in [6.45, 7) is 8.01. The van der Waals surface area contributed by atoms with E-state index in [1.807, 2.05) is 0 Å². The van der Waals surface area contributed by atoms with E-state index in [1.54, 1.807) is 0 Å². The van der Waals surface area contributed by atoms with Gasteiger partial charge in [0.2, 0.25) is 0 Å². The van der Waals surface area contributed by atoms with Crippen LogP contribution in [0.5, 0.6) is 5.75 Å². The van der Waals surface area contributed by atoms with E-state index in [1.165, 1.54) is 20.8 Å². The molecule has 2 aromatic rings. The van der Waals surface area contributed by atoms with Gasteiger partial charge >= 0.3 is 18.7 Å². The molecule has 1 N–H and O–H groups in total. The number of halogens is 9. The molecule has 0 saturated carbocycles. The molecule has 200 valence electrons. The number of rotatable bonds is 9. The van der Waals surface area contributed by atoms with Crippen LogP contribution in [-0.4, -0.2) is 21.8 Å². The molecule has 0 heterocycles. The maximum Gasteiger partial charge on any atom is 0.461 e. The van der Waals surface area contributed by atoms with Crippen molar-refractivity contribution in [2.24, 2.45) is 0 Å². The zero-order valence-electron chi connectivity index (χ0n) is 19.2. The van der Waals surface area contributed by atoms with E-state index in [9.17, 15) is 44.1 Å². The molecule has 0 saturated heterocycles. The van der Waals surface area contributed by atoms with Gasteiger partial charge in [-0.15, -0.1) is 11.3 Å². The lowest BCUT2D eigenvalue weighted by molar-refractivity contribution is -0.253. The van der Waals surface area contributed by atoms with Crippen molar-refractivity contribution in [3.63, 3.8) is 0 Å². The molecular formula is C23H22F9NO2S. The van der Waals surface area contributed by atoms with Crippen LogP contribution in [0.25, 0.3) is 0 Å². The van der Waals surface area contributed by atoms with Gasteiger partial charge in [0.25, 0.3) is 0 Å². The van der Waals surface area contributed by atoms with Crippen molar-refractivity contribution in [1.29, 1.82) is 0 Å². The number of nitrogens with one attached hydrogen (secondary N) is 1. The minimum absolute atomic E-state index is 0.366. The van der Waals surface area contributed by atoms with Crippen LogP contribution in [0.2, 0.25) is 0 Å². The van der Waals surface area contributed by atoms with Gasteiger partial charge in [0.15, 0.2) is 0 Å². The van der Waals surface area contributed by atoms with Gasteiger partial charge in [-0.25, -0.2) is 8.78 Å². The first kappa shape index (κ1) is 29.8. The Bertz CT molecular complexity index is 1090. The van der Waals surface area contributed by atoms with Crippen LogP contribution >= 0.6 is 0 Å². The first-order valence-electron chi connectivity index (χ1n) is 10.2. The Hall–Kier alpha value is -2.38. The summed E-state index contributed by atoms with van der Waals surface area (Å²) in [5.74, 6) is -3.98. The maximum atomic E-state index is 14.5. The molecule has 0 fully saturated rings. The molecule has 3 nitrogen and oxygen atoms in total. The highest BCUT2D eigenvalue weighted by Crippen LogP contribution is 2.41. The number of alkyl halides is 7. The molecule has 1 unspecified atom stereocenters. The number of ether oxygens (including phenoxy) is 1. The first-order chi connectivity index (χ1) is 16.3. The van der Waals surface area contributed by atoms with Crippen molar-refractivity contribution in [2.45, 2.75) is 56.2 Å². The summed E-state index contributed by atoms with van der Waals surface area (Å²) in [5.41, 5.74) is -4.58. The van der Waals surface area contributed by atoms with Crippen molar-refractivity contribution < 1.29 is 48.8 Å². The quantitative estimate of drug-likeness (QED) is 0.207. The molecule has 0 aliphatic carbocycles. The topological polar surface area (TPSA) is 44.3 Å². The van der Waals surface area contributed by atoms with Gasteiger partial charge in [-0.1, -0.05) is 12.1 Å². The van der Waals surface area contributed by atoms with E-state index < -0.39 is 75.3 Å². The van der Waals surface area contributed by atoms with Gasteiger partial charge in [-0.05, 0) is 62.6 Å². The third kappa shape index (κ3) is 6.68. The highest BCUT2D eigenvalue weighted by molar-refractivity contribution is 7.90. The first-order valence-corrected chi connectivity index (χ1v) is 11.3. The van der Waals surface area contributed by atoms with Crippen LogP contribution in [0.3, 0.4) is 0 Å². The molecule has 0 radical (unpaired) electrons. The molecular weight excluding hydrogens is 525 g/mol. The smallest absolute Gasteiger partial charge is 0.461 e.